The van der Waals surface area contributed by atoms with Crippen LogP contribution in [-0.4, -0.2) is 11.2 Å². The predicted molar refractivity (Wildman–Crippen MR) is 83.1 cm³/mol. The molecule has 2 aromatic rings. The number of aryl methyl sites for hydroxylation is 3. The van der Waals surface area contributed by atoms with Gasteiger partial charge in [0.05, 0.1) is 6.10 Å². The first-order valence-corrected chi connectivity index (χ1v) is 7.55. The summed E-state index contributed by atoms with van der Waals surface area (Å²) in [5.74, 6) is 0. The molecule has 1 nitrogen and oxygen atoms in total. The minimum atomic E-state index is -0.294. The van der Waals surface area contributed by atoms with Crippen molar-refractivity contribution in [1.82, 2.24) is 0 Å². The molecule has 1 unspecified atom stereocenters. The van der Waals surface area contributed by atoms with E-state index in [2.05, 4.69) is 49.4 Å². The van der Waals surface area contributed by atoms with Crippen LogP contribution >= 0.6 is 0 Å². The Kier molecular flexibility index (Phi) is 3.88. The second-order valence-corrected chi connectivity index (χ2v) is 6.00. The van der Waals surface area contributed by atoms with Crippen LogP contribution in [0.2, 0.25) is 0 Å². The van der Waals surface area contributed by atoms with Gasteiger partial charge in [-0.25, -0.2) is 0 Å². The summed E-state index contributed by atoms with van der Waals surface area (Å²) in [7, 11) is 0. The minimum absolute atomic E-state index is 0.294. The first kappa shape index (κ1) is 13.4. The van der Waals surface area contributed by atoms with Crippen molar-refractivity contribution in [2.75, 3.05) is 0 Å². The maximum atomic E-state index is 10.3. The molecule has 0 aliphatic heterocycles. The van der Waals surface area contributed by atoms with E-state index in [1.54, 1.807) is 0 Å². The first-order valence-electron chi connectivity index (χ1n) is 7.55. The van der Waals surface area contributed by atoms with E-state index in [-0.39, 0.29) is 6.10 Å². The summed E-state index contributed by atoms with van der Waals surface area (Å²) in [6.45, 7) is 2.09. The molecule has 1 heteroatoms. The zero-order valence-electron chi connectivity index (χ0n) is 12.1. The van der Waals surface area contributed by atoms with E-state index in [0.717, 1.165) is 12.8 Å². The lowest BCUT2D eigenvalue weighted by molar-refractivity contribution is 0.175. The molecule has 0 radical (unpaired) electrons. The lowest BCUT2D eigenvalue weighted by atomic mass is 9.98. The van der Waals surface area contributed by atoms with Gasteiger partial charge in [-0.3, -0.25) is 0 Å². The summed E-state index contributed by atoms with van der Waals surface area (Å²) in [5.41, 5.74) is 6.74. The Morgan fingerprint density at radius 3 is 2.35 bits per heavy atom. The lowest BCUT2D eigenvalue weighted by Crippen LogP contribution is -2.14. The van der Waals surface area contributed by atoms with Crippen molar-refractivity contribution in [2.24, 2.45) is 0 Å². The van der Waals surface area contributed by atoms with Gasteiger partial charge in [-0.1, -0.05) is 48.0 Å². The van der Waals surface area contributed by atoms with Gasteiger partial charge in [-0.2, -0.15) is 0 Å². The smallest absolute Gasteiger partial charge is 0.0620 e. The second kappa shape index (κ2) is 5.80. The number of hydrogen-bond acceptors (Lipinski definition) is 1. The Balaban J connectivity index is 1.63. The molecule has 104 valence electrons. The van der Waals surface area contributed by atoms with Gasteiger partial charge in [0.1, 0.15) is 0 Å². The summed E-state index contributed by atoms with van der Waals surface area (Å²) in [5, 5.41) is 10.3. The third-order valence-corrected chi connectivity index (χ3v) is 4.23. The maximum absolute atomic E-state index is 10.3. The normalized spacial score (nSPS) is 15.1. The van der Waals surface area contributed by atoms with Gasteiger partial charge < -0.3 is 5.11 Å². The van der Waals surface area contributed by atoms with Crippen molar-refractivity contribution < 1.29 is 5.11 Å². The molecular formula is C19H22O. The van der Waals surface area contributed by atoms with E-state index in [1.165, 1.54) is 47.1 Å². The van der Waals surface area contributed by atoms with Crippen LogP contribution in [0.4, 0.5) is 0 Å². The fourth-order valence-corrected chi connectivity index (χ4v) is 3.09. The Morgan fingerprint density at radius 2 is 1.55 bits per heavy atom. The van der Waals surface area contributed by atoms with Crippen LogP contribution in [0, 0.1) is 6.92 Å². The van der Waals surface area contributed by atoms with E-state index in [1.807, 2.05) is 0 Å². The Bertz CT molecular complexity index is 583. The molecule has 1 aliphatic rings. The summed E-state index contributed by atoms with van der Waals surface area (Å²) < 4.78 is 0. The number of hydrogen-bond donors (Lipinski definition) is 1. The quantitative estimate of drug-likeness (QED) is 0.896. The summed E-state index contributed by atoms with van der Waals surface area (Å²) >= 11 is 0. The SMILES string of the molecule is Cc1ccc(CC(O)Cc2ccc3c(c2)CCC3)cc1. The molecule has 1 N–H and O–H groups in total. The number of aliphatic hydroxyl groups excluding tert-OH is 1. The van der Waals surface area contributed by atoms with Crippen molar-refractivity contribution in [3.63, 3.8) is 0 Å². The average Bonchev–Trinajstić information content (AvgIpc) is 2.89. The van der Waals surface area contributed by atoms with Crippen LogP contribution in [-0.2, 0) is 25.7 Å². The van der Waals surface area contributed by atoms with Crippen LogP contribution in [0.25, 0.3) is 0 Å². The average molecular weight is 266 g/mol. The highest BCUT2D eigenvalue weighted by molar-refractivity contribution is 5.35. The van der Waals surface area contributed by atoms with Crippen LogP contribution in [0.5, 0.6) is 0 Å². The number of aliphatic hydroxyl groups is 1. The van der Waals surface area contributed by atoms with E-state index >= 15 is 0 Å². The summed E-state index contributed by atoms with van der Waals surface area (Å²) in [6, 6.07) is 15.2. The van der Waals surface area contributed by atoms with Gasteiger partial charge in [0.25, 0.3) is 0 Å². The molecule has 0 saturated heterocycles. The van der Waals surface area contributed by atoms with Crippen molar-refractivity contribution in [3.05, 3.63) is 70.3 Å². The zero-order valence-corrected chi connectivity index (χ0v) is 12.1. The van der Waals surface area contributed by atoms with E-state index < -0.39 is 0 Å². The second-order valence-electron chi connectivity index (χ2n) is 6.00. The fraction of sp³-hybridized carbons (Fsp3) is 0.368. The summed E-state index contributed by atoms with van der Waals surface area (Å²) in [4.78, 5) is 0. The van der Waals surface area contributed by atoms with Gasteiger partial charge in [-0.05, 0) is 61.3 Å². The first-order chi connectivity index (χ1) is 9.70. The highest BCUT2D eigenvalue weighted by atomic mass is 16.3. The molecule has 0 spiro atoms. The Hall–Kier alpha value is -1.60. The lowest BCUT2D eigenvalue weighted by Gasteiger charge is -2.12. The molecule has 2 aromatic carbocycles. The van der Waals surface area contributed by atoms with E-state index in [9.17, 15) is 5.11 Å². The summed E-state index contributed by atoms with van der Waals surface area (Å²) in [6.07, 6.45) is 4.90. The Morgan fingerprint density at radius 1 is 0.900 bits per heavy atom. The molecule has 1 aliphatic carbocycles. The maximum Gasteiger partial charge on any atom is 0.0620 e. The van der Waals surface area contributed by atoms with Crippen LogP contribution in [0.15, 0.2) is 42.5 Å². The molecule has 0 aromatic heterocycles. The molecular weight excluding hydrogens is 244 g/mol. The largest absolute Gasteiger partial charge is 0.392 e. The van der Waals surface area contributed by atoms with Crippen LogP contribution < -0.4 is 0 Å². The molecule has 1 atom stereocenters. The minimum Gasteiger partial charge on any atom is -0.392 e. The van der Waals surface area contributed by atoms with Crippen LogP contribution in [0.3, 0.4) is 0 Å². The molecule has 0 fully saturated rings. The molecule has 0 amide bonds. The van der Waals surface area contributed by atoms with Crippen molar-refractivity contribution in [2.45, 2.75) is 45.1 Å². The molecule has 3 rings (SSSR count). The molecule has 0 saturated carbocycles. The third-order valence-electron chi connectivity index (χ3n) is 4.23. The number of benzene rings is 2. The molecule has 0 heterocycles. The van der Waals surface area contributed by atoms with Crippen LogP contribution in [0.1, 0.15) is 34.2 Å². The predicted octanol–water partition coefficient (Wildman–Crippen LogP) is 3.63. The number of fused-ring (bicyclic) bond motifs is 1. The molecule has 0 bridgehead atoms. The van der Waals surface area contributed by atoms with Gasteiger partial charge in [0.15, 0.2) is 0 Å². The fourth-order valence-electron chi connectivity index (χ4n) is 3.09. The highest BCUT2D eigenvalue weighted by Gasteiger charge is 2.13. The Labute approximate surface area is 121 Å². The molecule has 20 heavy (non-hydrogen) atoms. The highest BCUT2D eigenvalue weighted by Crippen LogP contribution is 2.23. The van der Waals surface area contributed by atoms with Gasteiger partial charge >= 0.3 is 0 Å². The van der Waals surface area contributed by atoms with Crippen molar-refractivity contribution >= 4 is 0 Å². The van der Waals surface area contributed by atoms with Gasteiger partial charge in [0.2, 0.25) is 0 Å². The monoisotopic (exact) mass is 266 g/mol. The van der Waals surface area contributed by atoms with E-state index in [4.69, 9.17) is 0 Å². The van der Waals surface area contributed by atoms with Crippen molar-refractivity contribution in [3.8, 4) is 0 Å². The van der Waals surface area contributed by atoms with Gasteiger partial charge in [-0.15, -0.1) is 0 Å². The standard InChI is InChI=1S/C19H22O/c1-14-5-7-15(8-6-14)12-19(20)13-16-9-10-17-3-2-4-18(17)11-16/h5-11,19-20H,2-4,12-13H2,1H3. The topological polar surface area (TPSA) is 20.2 Å². The van der Waals surface area contributed by atoms with Crippen molar-refractivity contribution in [1.29, 1.82) is 0 Å². The van der Waals surface area contributed by atoms with Gasteiger partial charge in [0, 0.05) is 0 Å². The van der Waals surface area contributed by atoms with E-state index in [0.29, 0.717) is 0 Å². The number of rotatable bonds is 4. The third kappa shape index (κ3) is 3.10. The zero-order chi connectivity index (χ0) is 13.9.